The molecule has 1 unspecified atom stereocenters. The average Bonchev–Trinajstić information content (AvgIpc) is 2.80. The fourth-order valence-electron chi connectivity index (χ4n) is 8.30. The minimum atomic E-state index is -0.801. The molecule has 0 aliphatic heterocycles. The second-order valence-corrected chi connectivity index (χ2v) is 15.0. The van der Waals surface area contributed by atoms with E-state index in [1.165, 1.54) is 0 Å². The van der Waals surface area contributed by atoms with Crippen LogP contribution in [0.2, 0.25) is 0 Å². The number of fused-ring (bicyclic) bond motifs is 1. The van der Waals surface area contributed by atoms with E-state index in [0.29, 0.717) is 12.8 Å². The monoisotopic (exact) mass is 523 g/mol. The highest BCUT2D eigenvalue weighted by atomic mass is 16.4. The second kappa shape index (κ2) is 9.76. The summed E-state index contributed by atoms with van der Waals surface area (Å²) in [7, 11) is 0. The zero-order valence-electron chi connectivity index (χ0n) is 25.2. The standard InChI is InChI=1S/C33H49NO4/c1-22(35)19-25-32(8)20-23(21-34)26(36)29(4,5)24(32)11-14-33(25,9)31(7)13-10-12-28(2,3)15-16-30(6,17-18-31)27(37)38/h19-20,24H,10-18H2,1-9H3,(H,37,38)/b25-19-/t24?,30-,31-,32-,33+/m0/s1. The molecule has 0 bridgehead atoms. The van der Waals surface area contributed by atoms with Gasteiger partial charge in [0.05, 0.1) is 11.0 Å². The number of hydrogen-bond acceptors (Lipinski definition) is 4. The van der Waals surface area contributed by atoms with Crippen LogP contribution in [-0.2, 0) is 14.4 Å². The first-order valence-corrected chi connectivity index (χ1v) is 14.4. The summed E-state index contributed by atoms with van der Waals surface area (Å²) in [6.07, 6.45) is 11.2. The molecule has 3 aliphatic rings. The first kappa shape index (κ1) is 30.3. The van der Waals surface area contributed by atoms with Gasteiger partial charge in [-0.1, -0.05) is 66.5 Å². The van der Waals surface area contributed by atoms with Crippen LogP contribution in [0.25, 0.3) is 0 Å². The normalized spacial score (nSPS) is 40.4. The number of hydrogen-bond donors (Lipinski definition) is 1. The van der Waals surface area contributed by atoms with Crippen LogP contribution >= 0.6 is 0 Å². The predicted octanol–water partition coefficient (Wildman–Crippen LogP) is 7.85. The van der Waals surface area contributed by atoms with Gasteiger partial charge in [-0.15, -0.1) is 0 Å². The van der Waals surface area contributed by atoms with Crippen LogP contribution in [0.5, 0.6) is 0 Å². The lowest BCUT2D eigenvalue weighted by Crippen LogP contribution is -2.56. The molecule has 5 nitrogen and oxygen atoms in total. The molecule has 0 amide bonds. The van der Waals surface area contributed by atoms with Crippen LogP contribution in [0.15, 0.2) is 23.3 Å². The Morgan fingerprint density at radius 1 is 0.947 bits per heavy atom. The van der Waals surface area contributed by atoms with Crippen LogP contribution in [0, 0.1) is 49.7 Å². The molecule has 0 spiro atoms. The van der Waals surface area contributed by atoms with E-state index >= 15 is 0 Å². The molecule has 3 aliphatic carbocycles. The number of carbonyl (C=O) groups is 3. The SMILES string of the molecule is CC(=O)/C=C1/[C@@]2(C)C=C(C#N)C(=O)C(C)(C)C2CC[C@@]1(C)[C@@]1(C)CCCC(C)(C)CC[C@](C)(C(=O)O)CC1. The van der Waals surface area contributed by atoms with Crippen molar-refractivity contribution in [2.75, 3.05) is 0 Å². The maximum absolute atomic E-state index is 13.2. The summed E-state index contributed by atoms with van der Waals surface area (Å²) in [5, 5.41) is 20.2. The molecule has 2 fully saturated rings. The number of ketones is 2. The number of rotatable bonds is 3. The smallest absolute Gasteiger partial charge is 0.309 e. The molecular weight excluding hydrogens is 474 g/mol. The summed E-state index contributed by atoms with van der Waals surface area (Å²) in [5.74, 6) is -0.900. The first-order valence-electron chi connectivity index (χ1n) is 14.4. The number of allylic oxidation sites excluding steroid dienone is 4. The molecule has 0 radical (unpaired) electrons. The third kappa shape index (κ3) is 4.93. The third-order valence-electron chi connectivity index (χ3n) is 11.5. The second-order valence-electron chi connectivity index (χ2n) is 15.0. The van der Waals surface area contributed by atoms with E-state index in [-0.39, 0.29) is 39.3 Å². The van der Waals surface area contributed by atoms with Crippen molar-refractivity contribution in [3.8, 4) is 6.07 Å². The van der Waals surface area contributed by atoms with Gasteiger partial charge in [0.1, 0.15) is 6.07 Å². The molecule has 2 saturated carbocycles. The maximum Gasteiger partial charge on any atom is 0.309 e. The van der Waals surface area contributed by atoms with Crippen LogP contribution in [-0.4, -0.2) is 22.6 Å². The molecule has 38 heavy (non-hydrogen) atoms. The fraction of sp³-hybridized carbons (Fsp3) is 0.758. The molecule has 3 rings (SSSR count). The summed E-state index contributed by atoms with van der Waals surface area (Å²) in [4.78, 5) is 38.5. The predicted molar refractivity (Wildman–Crippen MR) is 150 cm³/mol. The Kier molecular flexibility index (Phi) is 7.79. The highest BCUT2D eigenvalue weighted by Gasteiger charge is 2.62. The summed E-state index contributed by atoms with van der Waals surface area (Å²) in [6.45, 7) is 18.5. The number of nitrogens with zero attached hydrogens (tertiary/aromatic N) is 1. The van der Waals surface area contributed by atoms with Crippen LogP contribution in [0.4, 0.5) is 0 Å². The van der Waals surface area contributed by atoms with Gasteiger partial charge in [0.2, 0.25) is 0 Å². The van der Waals surface area contributed by atoms with Crippen molar-refractivity contribution in [2.24, 2.45) is 38.4 Å². The van der Waals surface area contributed by atoms with E-state index in [1.54, 1.807) is 13.0 Å². The van der Waals surface area contributed by atoms with Crippen molar-refractivity contribution in [3.63, 3.8) is 0 Å². The molecule has 0 saturated heterocycles. The van der Waals surface area contributed by atoms with Crippen molar-refractivity contribution in [1.29, 1.82) is 5.26 Å². The molecule has 1 N–H and O–H groups in total. The number of carboxylic acid groups (broad SMARTS) is 1. The topological polar surface area (TPSA) is 95.2 Å². The quantitative estimate of drug-likeness (QED) is 0.380. The number of carboxylic acids is 1. The molecule has 5 atom stereocenters. The van der Waals surface area contributed by atoms with Gasteiger partial charge < -0.3 is 5.11 Å². The molecule has 0 aromatic heterocycles. The van der Waals surface area contributed by atoms with Gasteiger partial charge >= 0.3 is 5.97 Å². The van der Waals surface area contributed by atoms with Crippen LogP contribution in [0.1, 0.15) is 120 Å². The van der Waals surface area contributed by atoms with E-state index in [0.717, 1.165) is 50.5 Å². The molecule has 0 heterocycles. The highest BCUT2D eigenvalue weighted by molar-refractivity contribution is 6.04. The fourth-order valence-corrected chi connectivity index (χ4v) is 8.30. The molecule has 0 aromatic carbocycles. The Morgan fingerprint density at radius 2 is 1.55 bits per heavy atom. The summed E-state index contributed by atoms with van der Waals surface area (Å²) >= 11 is 0. The Hall–Kier alpha value is -2.22. The van der Waals surface area contributed by atoms with Gasteiger partial charge in [0.15, 0.2) is 11.6 Å². The summed E-state index contributed by atoms with van der Waals surface area (Å²) in [6, 6.07) is 2.16. The third-order valence-corrected chi connectivity index (χ3v) is 11.5. The van der Waals surface area contributed by atoms with E-state index in [4.69, 9.17) is 0 Å². The van der Waals surface area contributed by atoms with Crippen LogP contribution < -0.4 is 0 Å². The van der Waals surface area contributed by atoms with Crippen molar-refractivity contribution in [1.82, 2.24) is 0 Å². The molecular formula is C33H49NO4. The number of aliphatic carboxylic acids is 1. The largest absolute Gasteiger partial charge is 0.481 e. The lowest BCUT2D eigenvalue weighted by molar-refractivity contribution is -0.150. The molecule has 5 heteroatoms. The van der Waals surface area contributed by atoms with Crippen molar-refractivity contribution < 1.29 is 19.5 Å². The minimum absolute atomic E-state index is 0.0235. The van der Waals surface area contributed by atoms with Gasteiger partial charge in [-0.2, -0.15) is 5.26 Å². The molecule has 0 aromatic rings. The van der Waals surface area contributed by atoms with Gasteiger partial charge in [-0.25, -0.2) is 0 Å². The van der Waals surface area contributed by atoms with Crippen molar-refractivity contribution in [3.05, 3.63) is 23.3 Å². The zero-order valence-corrected chi connectivity index (χ0v) is 25.2. The average molecular weight is 524 g/mol. The van der Waals surface area contributed by atoms with Crippen molar-refractivity contribution >= 4 is 17.5 Å². The Morgan fingerprint density at radius 3 is 2.11 bits per heavy atom. The van der Waals surface area contributed by atoms with E-state index in [2.05, 4.69) is 40.7 Å². The van der Waals surface area contributed by atoms with E-state index in [9.17, 15) is 24.8 Å². The minimum Gasteiger partial charge on any atom is -0.481 e. The highest BCUT2D eigenvalue weighted by Crippen LogP contribution is 2.68. The zero-order chi connectivity index (χ0) is 28.9. The Bertz CT molecular complexity index is 1120. The molecule has 210 valence electrons. The van der Waals surface area contributed by atoms with Gasteiger partial charge in [0, 0.05) is 10.8 Å². The number of Topliss-reactive ketones (excluding diaryl/α,β-unsaturated/α-hetero) is 1. The van der Waals surface area contributed by atoms with Gasteiger partial charge in [-0.3, -0.25) is 14.4 Å². The summed E-state index contributed by atoms with van der Waals surface area (Å²) < 4.78 is 0. The van der Waals surface area contributed by atoms with E-state index < -0.39 is 22.2 Å². The number of nitriles is 1. The lowest BCUT2D eigenvalue weighted by atomic mass is 9.41. The lowest BCUT2D eigenvalue weighted by Gasteiger charge is -2.62. The number of carbonyl (C=O) groups excluding carboxylic acids is 2. The van der Waals surface area contributed by atoms with Gasteiger partial charge in [-0.05, 0) is 93.5 Å². The van der Waals surface area contributed by atoms with Gasteiger partial charge in [0.25, 0.3) is 0 Å². The van der Waals surface area contributed by atoms with E-state index in [1.807, 2.05) is 26.8 Å². The summed E-state index contributed by atoms with van der Waals surface area (Å²) in [5.41, 5.74) is -1.51. The first-order chi connectivity index (χ1) is 17.3. The Labute approximate surface area is 230 Å². The van der Waals surface area contributed by atoms with Crippen molar-refractivity contribution in [2.45, 2.75) is 120 Å². The maximum atomic E-state index is 13.2. The van der Waals surface area contributed by atoms with Crippen LogP contribution in [0.3, 0.4) is 0 Å². The Balaban J connectivity index is 2.21.